The Labute approximate surface area is 120 Å². The number of rotatable bonds is 3. The van der Waals surface area contributed by atoms with Gasteiger partial charge in [-0.15, -0.1) is 11.3 Å². The normalized spacial score (nSPS) is 10.4. The van der Waals surface area contributed by atoms with Gasteiger partial charge in [0.25, 0.3) is 5.91 Å². The molecule has 4 nitrogen and oxygen atoms in total. The third kappa shape index (κ3) is 2.48. The molecule has 0 bridgehead atoms. The molecule has 0 saturated heterocycles. The molecule has 0 unspecified atom stereocenters. The van der Waals surface area contributed by atoms with Crippen molar-refractivity contribution in [1.82, 2.24) is 5.16 Å². The average molecular weight is 284 g/mol. The van der Waals surface area contributed by atoms with Crippen LogP contribution in [0.15, 0.2) is 52.4 Å². The van der Waals surface area contributed by atoms with Gasteiger partial charge in [-0.2, -0.15) is 0 Å². The molecule has 2 heterocycles. The molecule has 0 aliphatic carbocycles. The number of benzene rings is 1. The van der Waals surface area contributed by atoms with Gasteiger partial charge in [0.1, 0.15) is 0 Å². The minimum atomic E-state index is -0.297. The molecule has 3 rings (SSSR count). The molecule has 1 aromatic carbocycles. The molecule has 0 atom stereocenters. The van der Waals surface area contributed by atoms with Crippen LogP contribution in [0.3, 0.4) is 0 Å². The summed E-state index contributed by atoms with van der Waals surface area (Å²) in [5, 5.41) is 8.59. The van der Waals surface area contributed by atoms with Crippen molar-refractivity contribution in [2.45, 2.75) is 6.92 Å². The molecule has 20 heavy (non-hydrogen) atoms. The minimum absolute atomic E-state index is 0.212. The standard InChI is InChI=1S/C15H12N2O2S/c1-10-9-13(19-17-10)15(18)16-12-6-3-2-5-11(12)14-7-4-8-20-14/h2-9H,1H3,(H,16,18). The lowest BCUT2D eigenvalue weighted by molar-refractivity contribution is 0.0988. The van der Waals surface area contributed by atoms with Crippen LogP contribution >= 0.6 is 11.3 Å². The highest BCUT2D eigenvalue weighted by Crippen LogP contribution is 2.31. The Balaban J connectivity index is 1.90. The molecule has 0 spiro atoms. The molecular formula is C15H12N2O2S. The van der Waals surface area contributed by atoms with Crippen LogP contribution in [-0.2, 0) is 0 Å². The number of thiophene rings is 1. The highest BCUT2D eigenvalue weighted by Gasteiger charge is 2.14. The number of aromatic nitrogens is 1. The Bertz CT molecular complexity index is 732. The number of aryl methyl sites for hydroxylation is 1. The lowest BCUT2D eigenvalue weighted by atomic mass is 10.1. The third-order valence-electron chi connectivity index (χ3n) is 2.81. The molecule has 2 aromatic heterocycles. The number of carbonyl (C=O) groups is 1. The van der Waals surface area contributed by atoms with E-state index in [1.54, 1.807) is 24.3 Å². The topological polar surface area (TPSA) is 55.1 Å². The number of carbonyl (C=O) groups excluding carboxylic acids is 1. The SMILES string of the molecule is Cc1cc(C(=O)Nc2ccccc2-c2cccs2)on1. The Hall–Kier alpha value is -2.40. The van der Waals surface area contributed by atoms with Gasteiger partial charge in [0.15, 0.2) is 0 Å². The smallest absolute Gasteiger partial charge is 0.294 e. The van der Waals surface area contributed by atoms with Crippen molar-refractivity contribution in [3.05, 3.63) is 59.3 Å². The predicted octanol–water partition coefficient (Wildman–Crippen LogP) is 3.96. The van der Waals surface area contributed by atoms with E-state index >= 15 is 0 Å². The van der Waals surface area contributed by atoms with Gasteiger partial charge in [-0.05, 0) is 24.4 Å². The van der Waals surface area contributed by atoms with Crippen molar-refractivity contribution < 1.29 is 9.32 Å². The largest absolute Gasteiger partial charge is 0.351 e. The van der Waals surface area contributed by atoms with E-state index in [9.17, 15) is 4.79 Å². The number of anilines is 1. The van der Waals surface area contributed by atoms with Gasteiger partial charge in [0.05, 0.1) is 5.69 Å². The van der Waals surface area contributed by atoms with Gasteiger partial charge in [-0.25, -0.2) is 0 Å². The van der Waals surface area contributed by atoms with Crippen LogP contribution in [0.1, 0.15) is 16.2 Å². The molecule has 1 amide bonds. The van der Waals surface area contributed by atoms with Crippen molar-refractivity contribution in [3.63, 3.8) is 0 Å². The molecule has 3 aromatic rings. The zero-order chi connectivity index (χ0) is 13.9. The quantitative estimate of drug-likeness (QED) is 0.792. The first-order chi connectivity index (χ1) is 9.74. The fourth-order valence-electron chi connectivity index (χ4n) is 1.89. The molecule has 1 N–H and O–H groups in total. The van der Waals surface area contributed by atoms with Gasteiger partial charge in [-0.3, -0.25) is 4.79 Å². The number of amides is 1. The summed E-state index contributed by atoms with van der Waals surface area (Å²) in [4.78, 5) is 13.2. The summed E-state index contributed by atoms with van der Waals surface area (Å²) < 4.78 is 4.97. The summed E-state index contributed by atoms with van der Waals surface area (Å²) >= 11 is 1.63. The van der Waals surface area contributed by atoms with Crippen LogP contribution in [0.5, 0.6) is 0 Å². The molecule has 100 valence electrons. The van der Waals surface area contributed by atoms with E-state index in [-0.39, 0.29) is 11.7 Å². The molecule has 0 aliphatic heterocycles. The third-order valence-corrected chi connectivity index (χ3v) is 3.72. The van der Waals surface area contributed by atoms with Crippen LogP contribution in [0, 0.1) is 6.92 Å². The van der Waals surface area contributed by atoms with Crippen molar-refractivity contribution in [1.29, 1.82) is 0 Å². The molecule has 5 heteroatoms. The number of para-hydroxylation sites is 1. The molecule has 0 radical (unpaired) electrons. The maximum atomic E-state index is 12.1. The second-order valence-electron chi connectivity index (χ2n) is 4.31. The van der Waals surface area contributed by atoms with Gasteiger partial charge in [-0.1, -0.05) is 29.4 Å². The zero-order valence-electron chi connectivity index (χ0n) is 10.8. The monoisotopic (exact) mass is 284 g/mol. The summed E-state index contributed by atoms with van der Waals surface area (Å²) in [7, 11) is 0. The van der Waals surface area contributed by atoms with E-state index in [4.69, 9.17) is 4.52 Å². The summed E-state index contributed by atoms with van der Waals surface area (Å²) in [6.07, 6.45) is 0. The maximum Gasteiger partial charge on any atom is 0.294 e. The summed E-state index contributed by atoms with van der Waals surface area (Å²) in [6.45, 7) is 1.78. The van der Waals surface area contributed by atoms with Gasteiger partial charge in [0.2, 0.25) is 5.76 Å². The fourth-order valence-corrected chi connectivity index (χ4v) is 2.66. The Morgan fingerprint density at radius 1 is 1.25 bits per heavy atom. The van der Waals surface area contributed by atoms with E-state index in [1.165, 1.54) is 0 Å². The lowest BCUT2D eigenvalue weighted by Crippen LogP contribution is -2.11. The number of nitrogens with zero attached hydrogens (tertiary/aromatic N) is 1. The lowest BCUT2D eigenvalue weighted by Gasteiger charge is -2.08. The van der Waals surface area contributed by atoms with Crippen molar-refractivity contribution in [2.24, 2.45) is 0 Å². The van der Waals surface area contributed by atoms with Gasteiger partial charge >= 0.3 is 0 Å². The van der Waals surface area contributed by atoms with Crippen LogP contribution in [-0.4, -0.2) is 11.1 Å². The van der Waals surface area contributed by atoms with Crippen LogP contribution in [0.2, 0.25) is 0 Å². The van der Waals surface area contributed by atoms with E-state index in [0.29, 0.717) is 5.69 Å². The van der Waals surface area contributed by atoms with E-state index < -0.39 is 0 Å². The molecule has 0 saturated carbocycles. The van der Waals surface area contributed by atoms with Crippen LogP contribution < -0.4 is 5.32 Å². The first-order valence-corrected chi connectivity index (χ1v) is 6.99. The summed E-state index contributed by atoms with van der Waals surface area (Å²) in [5.41, 5.74) is 2.43. The maximum absolute atomic E-state index is 12.1. The van der Waals surface area contributed by atoms with Gasteiger partial charge < -0.3 is 9.84 Å². The van der Waals surface area contributed by atoms with E-state index in [0.717, 1.165) is 16.1 Å². The first kappa shape index (κ1) is 12.6. The Kier molecular flexibility index (Phi) is 3.35. The number of hydrogen-bond acceptors (Lipinski definition) is 4. The average Bonchev–Trinajstić information content (AvgIpc) is 3.10. The minimum Gasteiger partial charge on any atom is -0.351 e. The Morgan fingerprint density at radius 3 is 2.80 bits per heavy atom. The van der Waals surface area contributed by atoms with Crippen molar-refractivity contribution >= 4 is 22.9 Å². The zero-order valence-corrected chi connectivity index (χ0v) is 11.6. The fraction of sp³-hybridized carbons (Fsp3) is 0.0667. The first-order valence-electron chi connectivity index (χ1n) is 6.11. The van der Waals surface area contributed by atoms with Crippen molar-refractivity contribution in [3.8, 4) is 10.4 Å². The highest BCUT2D eigenvalue weighted by molar-refractivity contribution is 7.13. The second kappa shape index (κ2) is 5.30. The van der Waals surface area contributed by atoms with E-state index in [2.05, 4.69) is 10.5 Å². The number of hydrogen-bond donors (Lipinski definition) is 1. The van der Waals surface area contributed by atoms with Crippen molar-refractivity contribution in [2.75, 3.05) is 5.32 Å². The number of nitrogens with one attached hydrogen (secondary N) is 1. The van der Waals surface area contributed by atoms with Gasteiger partial charge in [0, 0.05) is 22.2 Å². The van der Waals surface area contributed by atoms with Crippen LogP contribution in [0.4, 0.5) is 5.69 Å². The Morgan fingerprint density at radius 2 is 2.10 bits per heavy atom. The van der Waals surface area contributed by atoms with Crippen LogP contribution in [0.25, 0.3) is 10.4 Å². The predicted molar refractivity (Wildman–Crippen MR) is 78.9 cm³/mol. The highest BCUT2D eigenvalue weighted by atomic mass is 32.1. The molecule has 0 aliphatic rings. The molecule has 0 fully saturated rings. The van der Waals surface area contributed by atoms with E-state index in [1.807, 2.05) is 41.8 Å². The summed E-state index contributed by atoms with van der Waals surface area (Å²) in [5.74, 6) is -0.0851. The summed E-state index contributed by atoms with van der Waals surface area (Å²) in [6, 6.07) is 13.3. The second-order valence-corrected chi connectivity index (χ2v) is 5.26. The molecular weight excluding hydrogens is 272 g/mol.